The monoisotopic (exact) mass is 456 g/mol. The van der Waals surface area contributed by atoms with Gasteiger partial charge < -0.3 is 14.0 Å². The molecule has 0 bridgehead atoms. The molecular formula is C28H45BO4. The van der Waals surface area contributed by atoms with Gasteiger partial charge in [-0.3, -0.25) is 0 Å². The Morgan fingerprint density at radius 2 is 1.42 bits per heavy atom. The lowest BCUT2D eigenvalue weighted by Gasteiger charge is -2.32. The summed E-state index contributed by atoms with van der Waals surface area (Å²) in [6.45, 7) is 23.7. The lowest BCUT2D eigenvalue weighted by Crippen LogP contribution is -2.41. The highest BCUT2D eigenvalue weighted by Gasteiger charge is 2.50. The highest BCUT2D eigenvalue weighted by atomic mass is 16.7. The number of ether oxygens (including phenoxy) is 1. The average Bonchev–Trinajstić information content (AvgIpc) is 2.89. The number of carbonyl (C=O) groups excluding carboxylic acids is 1. The zero-order valence-corrected chi connectivity index (χ0v) is 22.8. The van der Waals surface area contributed by atoms with Crippen molar-refractivity contribution in [2.24, 2.45) is 0 Å². The molecule has 0 amide bonds. The van der Waals surface area contributed by atoms with Gasteiger partial charge in [0.15, 0.2) is 0 Å². The first-order valence-corrected chi connectivity index (χ1v) is 12.5. The molecule has 184 valence electrons. The second kappa shape index (κ2) is 10.8. The molecule has 1 aromatic rings. The van der Waals surface area contributed by atoms with Gasteiger partial charge in [0.25, 0.3) is 0 Å². The molecule has 1 heterocycles. The first-order chi connectivity index (χ1) is 15.2. The van der Waals surface area contributed by atoms with E-state index in [-0.39, 0.29) is 36.1 Å². The second-order valence-corrected chi connectivity index (χ2v) is 11.4. The van der Waals surface area contributed by atoms with Crippen LogP contribution in [0.4, 0.5) is 0 Å². The van der Waals surface area contributed by atoms with Crippen molar-refractivity contribution in [1.82, 2.24) is 0 Å². The van der Waals surface area contributed by atoms with Crippen molar-refractivity contribution >= 4 is 13.1 Å². The summed E-state index contributed by atoms with van der Waals surface area (Å²) < 4.78 is 17.9. The summed E-state index contributed by atoms with van der Waals surface area (Å²) in [6.07, 6.45) is 1.60. The van der Waals surface area contributed by atoms with Crippen molar-refractivity contribution in [2.75, 3.05) is 6.61 Å². The van der Waals surface area contributed by atoms with Gasteiger partial charge in [0.1, 0.15) is 0 Å². The van der Waals surface area contributed by atoms with Crippen LogP contribution in [0.5, 0.6) is 0 Å². The molecular weight excluding hydrogens is 411 g/mol. The van der Waals surface area contributed by atoms with Crippen molar-refractivity contribution in [1.29, 1.82) is 0 Å². The minimum atomic E-state index is -0.336. The van der Waals surface area contributed by atoms with E-state index in [0.29, 0.717) is 12.5 Å². The van der Waals surface area contributed by atoms with Gasteiger partial charge in [0, 0.05) is 0 Å². The predicted octanol–water partition coefficient (Wildman–Crippen LogP) is 7.57. The molecule has 1 saturated heterocycles. The molecule has 0 aromatic heterocycles. The lowest BCUT2D eigenvalue weighted by molar-refractivity contribution is 0.00578. The molecule has 0 radical (unpaired) electrons. The van der Waals surface area contributed by atoms with Gasteiger partial charge in [-0.1, -0.05) is 65.2 Å². The number of benzene rings is 1. The predicted molar refractivity (Wildman–Crippen MR) is 138 cm³/mol. The highest BCUT2D eigenvalue weighted by molar-refractivity contribution is 6.51. The number of esters is 1. The molecule has 5 heteroatoms. The third-order valence-corrected chi connectivity index (χ3v) is 6.98. The van der Waals surface area contributed by atoms with Crippen LogP contribution in [0.2, 0.25) is 0 Å². The van der Waals surface area contributed by atoms with Gasteiger partial charge in [-0.15, -0.1) is 0 Å². The molecule has 1 aliphatic rings. The molecule has 1 fully saturated rings. The Kier molecular flexibility index (Phi) is 9.03. The van der Waals surface area contributed by atoms with Gasteiger partial charge in [-0.25, -0.2) is 4.79 Å². The van der Waals surface area contributed by atoms with Crippen LogP contribution < -0.4 is 0 Å². The van der Waals surface area contributed by atoms with E-state index >= 15 is 0 Å². The molecule has 1 aromatic carbocycles. The molecule has 0 unspecified atom stereocenters. The van der Waals surface area contributed by atoms with Crippen molar-refractivity contribution in [3.63, 3.8) is 0 Å². The summed E-state index contributed by atoms with van der Waals surface area (Å²) in [5, 5.41) is 0. The maximum absolute atomic E-state index is 13.2. The smallest absolute Gasteiger partial charge is 0.462 e. The molecule has 2 rings (SSSR count). The van der Waals surface area contributed by atoms with Crippen LogP contribution >= 0.6 is 0 Å². The molecule has 0 atom stereocenters. The zero-order chi connectivity index (χ0) is 25.1. The number of carbonyl (C=O) groups is 1. The molecule has 0 N–H and O–H groups in total. The van der Waals surface area contributed by atoms with Gasteiger partial charge in [0.05, 0.1) is 23.4 Å². The Hall–Kier alpha value is -1.59. The Bertz CT molecular complexity index is 820. The van der Waals surface area contributed by atoms with E-state index in [2.05, 4.69) is 88.3 Å². The third kappa shape index (κ3) is 6.73. The fourth-order valence-electron chi connectivity index (χ4n) is 4.05. The number of hydrogen-bond acceptors (Lipinski definition) is 4. The number of hydrogen-bond donors (Lipinski definition) is 0. The zero-order valence-electron chi connectivity index (χ0n) is 22.8. The highest BCUT2D eigenvalue weighted by Crippen LogP contribution is 2.37. The summed E-state index contributed by atoms with van der Waals surface area (Å²) >= 11 is 0. The van der Waals surface area contributed by atoms with Crippen LogP contribution in [0.25, 0.3) is 0 Å². The van der Waals surface area contributed by atoms with Crippen molar-refractivity contribution in [3.05, 3.63) is 45.9 Å². The van der Waals surface area contributed by atoms with Crippen molar-refractivity contribution in [3.8, 4) is 0 Å². The average molecular weight is 456 g/mol. The number of rotatable bonds is 9. The summed E-state index contributed by atoms with van der Waals surface area (Å²) in [4.78, 5) is 13.2. The Labute approximate surface area is 202 Å². The summed E-state index contributed by atoms with van der Waals surface area (Å²) in [5.74, 6) is 2.77. The molecule has 0 saturated carbocycles. The maximum atomic E-state index is 13.2. The Balaban J connectivity index is 2.04. The fraction of sp³-hybridized carbons (Fsp3) is 0.679. The van der Waals surface area contributed by atoms with Crippen LogP contribution in [-0.4, -0.2) is 30.9 Å². The minimum Gasteiger partial charge on any atom is -0.462 e. The van der Waals surface area contributed by atoms with E-state index in [0.717, 1.165) is 29.5 Å². The van der Waals surface area contributed by atoms with E-state index in [9.17, 15) is 4.79 Å². The number of allylic oxidation sites excluding steroid dienone is 1. The van der Waals surface area contributed by atoms with E-state index in [4.69, 9.17) is 14.0 Å². The normalized spacial score (nSPS) is 18.0. The Morgan fingerprint density at radius 1 is 0.939 bits per heavy atom. The van der Waals surface area contributed by atoms with E-state index in [1.165, 1.54) is 11.1 Å². The molecule has 1 aliphatic heterocycles. The van der Waals surface area contributed by atoms with Crippen LogP contribution in [0.1, 0.15) is 134 Å². The van der Waals surface area contributed by atoms with E-state index in [1.807, 2.05) is 5.98 Å². The van der Waals surface area contributed by atoms with Crippen molar-refractivity contribution in [2.45, 2.75) is 118 Å². The molecule has 0 spiro atoms. The van der Waals surface area contributed by atoms with Crippen LogP contribution in [0.15, 0.2) is 23.7 Å². The van der Waals surface area contributed by atoms with Crippen LogP contribution in [0.3, 0.4) is 0 Å². The lowest BCUT2D eigenvalue weighted by atomic mass is 9.84. The summed E-state index contributed by atoms with van der Waals surface area (Å²) in [7, 11) is -0.334. The van der Waals surface area contributed by atoms with Gasteiger partial charge in [0.2, 0.25) is 0 Å². The summed E-state index contributed by atoms with van der Waals surface area (Å²) in [5.41, 5.74) is 4.72. The van der Waals surface area contributed by atoms with E-state index in [1.54, 1.807) is 0 Å². The minimum absolute atomic E-state index is 0.203. The van der Waals surface area contributed by atoms with Crippen LogP contribution in [-0.2, 0) is 14.0 Å². The maximum Gasteiger partial charge on any atom is 0.487 e. The standard InChI is InChI=1S/C28H45BO4/c1-18(2)22-15-23(19(3)4)25(24(16-22)20(5)6)26(30)31-14-12-13-21(7)17-29-32-27(8,9)28(10,11)33-29/h15-20H,12-14H2,1-11H3/b21-17+. The largest absolute Gasteiger partial charge is 0.487 e. The van der Waals surface area contributed by atoms with Gasteiger partial charge in [-0.2, -0.15) is 0 Å². The van der Waals surface area contributed by atoms with E-state index < -0.39 is 0 Å². The molecule has 0 aliphatic carbocycles. The third-order valence-electron chi connectivity index (χ3n) is 6.98. The second-order valence-electron chi connectivity index (χ2n) is 11.4. The SMILES string of the molecule is C/C(=C\B1OC(C)(C)C(C)(C)O1)CCCOC(=O)c1c(C(C)C)cc(C(C)C)cc1C(C)C. The van der Waals surface area contributed by atoms with Crippen LogP contribution in [0, 0.1) is 0 Å². The fourth-order valence-corrected chi connectivity index (χ4v) is 4.05. The molecule has 4 nitrogen and oxygen atoms in total. The topological polar surface area (TPSA) is 44.8 Å². The first kappa shape index (κ1) is 27.7. The van der Waals surface area contributed by atoms with Gasteiger partial charge in [-0.05, 0) is 81.9 Å². The summed E-state index contributed by atoms with van der Waals surface area (Å²) in [6, 6.07) is 4.38. The quantitative estimate of drug-likeness (QED) is 0.218. The van der Waals surface area contributed by atoms with Crippen molar-refractivity contribution < 1.29 is 18.8 Å². The first-order valence-electron chi connectivity index (χ1n) is 12.5. The van der Waals surface area contributed by atoms with Gasteiger partial charge >= 0.3 is 13.1 Å². The molecule has 33 heavy (non-hydrogen) atoms. The Morgan fingerprint density at radius 3 is 1.85 bits per heavy atom.